The van der Waals surface area contributed by atoms with Crippen molar-refractivity contribution in [1.82, 2.24) is 4.72 Å². The largest absolute Gasteiger partial charge is 0.270 e. The van der Waals surface area contributed by atoms with Crippen LogP contribution >= 0.6 is 11.6 Å². The molecule has 0 amide bonds. The highest BCUT2D eigenvalue weighted by molar-refractivity contribution is 7.89. The molecule has 0 spiro atoms. The molecule has 1 N–H and O–H groups in total. The third kappa shape index (κ3) is 4.07. The maximum atomic E-state index is 12.5. The Kier molecular flexibility index (Phi) is 5.03. The van der Waals surface area contributed by atoms with E-state index < -0.39 is 21.0 Å². The number of hydrogen-bond acceptors (Lipinski definition) is 4. The summed E-state index contributed by atoms with van der Waals surface area (Å²) in [5.41, 5.74) is 0.905. The highest BCUT2D eigenvalue weighted by Gasteiger charge is 2.23. The minimum Gasteiger partial charge on any atom is -0.258 e. The molecule has 0 saturated heterocycles. The van der Waals surface area contributed by atoms with Gasteiger partial charge in [0.15, 0.2) is 0 Å². The van der Waals surface area contributed by atoms with Crippen LogP contribution in [0.2, 0.25) is 5.02 Å². The predicted octanol–water partition coefficient (Wildman–Crippen LogP) is 3.60. The van der Waals surface area contributed by atoms with Crippen molar-refractivity contribution in [2.75, 3.05) is 0 Å². The fourth-order valence-electron chi connectivity index (χ4n) is 2.11. The van der Waals surface area contributed by atoms with Gasteiger partial charge in [-0.2, -0.15) is 0 Å². The number of nitro benzene ring substituents is 1. The molecule has 6 nitrogen and oxygen atoms in total. The summed E-state index contributed by atoms with van der Waals surface area (Å²) in [5.74, 6) is 0. The zero-order valence-electron chi connectivity index (χ0n) is 12.5. The Balaban J connectivity index is 2.33. The first-order valence-electron chi connectivity index (χ1n) is 6.73. The molecular formula is C15H15ClN2O4S. The van der Waals surface area contributed by atoms with Crippen molar-refractivity contribution in [2.45, 2.75) is 24.8 Å². The van der Waals surface area contributed by atoms with E-state index in [0.29, 0.717) is 10.6 Å². The van der Waals surface area contributed by atoms with Gasteiger partial charge >= 0.3 is 0 Å². The fourth-order valence-corrected chi connectivity index (χ4v) is 3.73. The lowest BCUT2D eigenvalue weighted by atomic mass is 10.1. The van der Waals surface area contributed by atoms with Crippen LogP contribution in [0.4, 0.5) is 5.69 Å². The zero-order valence-corrected chi connectivity index (χ0v) is 14.1. The molecule has 0 radical (unpaired) electrons. The van der Waals surface area contributed by atoms with E-state index in [2.05, 4.69) is 4.72 Å². The first kappa shape index (κ1) is 17.4. The number of hydrogen-bond donors (Lipinski definition) is 1. The van der Waals surface area contributed by atoms with E-state index >= 15 is 0 Å². The van der Waals surface area contributed by atoms with Crippen molar-refractivity contribution < 1.29 is 13.3 Å². The van der Waals surface area contributed by atoms with E-state index in [4.69, 9.17) is 11.6 Å². The number of halogens is 1. The van der Waals surface area contributed by atoms with Gasteiger partial charge in [-0.3, -0.25) is 10.1 Å². The van der Waals surface area contributed by atoms with Crippen LogP contribution in [0.1, 0.15) is 24.1 Å². The van der Waals surface area contributed by atoms with Gasteiger partial charge in [-0.15, -0.1) is 0 Å². The van der Waals surface area contributed by atoms with Gasteiger partial charge in [-0.25, -0.2) is 13.1 Å². The topological polar surface area (TPSA) is 89.3 Å². The molecule has 0 aromatic heterocycles. The van der Waals surface area contributed by atoms with Crippen LogP contribution in [0.25, 0.3) is 0 Å². The third-order valence-electron chi connectivity index (χ3n) is 3.37. The molecule has 0 aliphatic carbocycles. The minimum atomic E-state index is -3.89. The van der Waals surface area contributed by atoms with Crippen LogP contribution in [0.5, 0.6) is 0 Å². The Bertz CT molecular complexity index is 835. The monoisotopic (exact) mass is 354 g/mol. The molecule has 2 aromatic rings. The van der Waals surface area contributed by atoms with E-state index in [1.807, 2.05) is 0 Å². The highest BCUT2D eigenvalue weighted by Crippen LogP contribution is 2.24. The van der Waals surface area contributed by atoms with Gasteiger partial charge in [0.05, 0.1) is 9.82 Å². The molecule has 0 aliphatic heterocycles. The average molecular weight is 355 g/mol. The molecule has 2 aromatic carbocycles. The Labute approximate surface area is 139 Å². The van der Waals surface area contributed by atoms with Gasteiger partial charge in [0.2, 0.25) is 10.0 Å². The Hall–Kier alpha value is -1.96. The fraction of sp³-hybridized carbons (Fsp3) is 0.200. The lowest BCUT2D eigenvalue weighted by Gasteiger charge is -2.16. The number of nitrogens with zero attached hydrogens (tertiary/aromatic N) is 1. The van der Waals surface area contributed by atoms with Crippen molar-refractivity contribution in [3.63, 3.8) is 0 Å². The van der Waals surface area contributed by atoms with Crippen molar-refractivity contribution in [2.24, 2.45) is 0 Å². The Morgan fingerprint density at radius 1 is 1.17 bits per heavy atom. The molecular weight excluding hydrogens is 340 g/mol. The maximum absolute atomic E-state index is 12.5. The Morgan fingerprint density at radius 3 is 2.35 bits per heavy atom. The van der Waals surface area contributed by atoms with Crippen LogP contribution in [0.3, 0.4) is 0 Å². The molecule has 1 atom stereocenters. The van der Waals surface area contributed by atoms with Crippen LogP contribution in [-0.2, 0) is 10.0 Å². The second-order valence-corrected chi connectivity index (χ2v) is 7.22. The number of nitro groups is 1. The molecule has 1 unspecified atom stereocenters. The summed E-state index contributed by atoms with van der Waals surface area (Å²) in [4.78, 5) is 10.1. The molecule has 0 aliphatic rings. The standard InChI is InChI=1S/C15H15ClN2O4S/c1-10-3-8-14(18(19)20)9-15(10)23(21,22)17-11(2)12-4-6-13(16)7-5-12/h3-9,11,17H,1-2H3. The molecule has 0 bridgehead atoms. The summed E-state index contributed by atoms with van der Waals surface area (Å²) in [6.45, 7) is 3.28. The van der Waals surface area contributed by atoms with Gasteiger partial charge in [-0.1, -0.05) is 29.8 Å². The van der Waals surface area contributed by atoms with Crippen LogP contribution in [0.15, 0.2) is 47.4 Å². The van der Waals surface area contributed by atoms with Gasteiger partial charge in [0.25, 0.3) is 5.69 Å². The second kappa shape index (κ2) is 6.66. The van der Waals surface area contributed by atoms with Crippen molar-refractivity contribution in [1.29, 1.82) is 0 Å². The number of aryl methyl sites for hydroxylation is 1. The lowest BCUT2D eigenvalue weighted by Crippen LogP contribution is -2.27. The van der Waals surface area contributed by atoms with Crippen molar-refractivity contribution in [3.05, 3.63) is 68.7 Å². The molecule has 0 saturated carbocycles. The molecule has 0 fully saturated rings. The summed E-state index contributed by atoms with van der Waals surface area (Å²) >= 11 is 5.81. The number of benzene rings is 2. The summed E-state index contributed by atoms with van der Waals surface area (Å²) in [6, 6.07) is 10.0. The maximum Gasteiger partial charge on any atom is 0.270 e. The SMILES string of the molecule is Cc1ccc([N+](=O)[O-])cc1S(=O)(=O)NC(C)c1ccc(Cl)cc1. The summed E-state index contributed by atoms with van der Waals surface area (Å²) < 4.78 is 27.6. The highest BCUT2D eigenvalue weighted by atomic mass is 35.5. The summed E-state index contributed by atoms with van der Waals surface area (Å²) in [7, 11) is -3.89. The van der Waals surface area contributed by atoms with Gasteiger partial charge in [0.1, 0.15) is 0 Å². The third-order valence-corrected chi connectivity index (χ3v) is 5.31. The smallest absolute Gasteiger partial charge is 0.258 e. The van der Waals surface area contributed by atoms with Crippen LogP contribution in [0, 0.1) is 17.0 Å². The van der Waals surface area contributed by atoms with Crippen LogP contribution in [-0.4, -0.2) is 13.3 Å². The number of non-ortho nitro benzene ring substituents is 1. The number of sulfonamides is 1. The van der Waals surface area contributed by atoms with E-state index in [9.17, 15) is 18.5 Å². The van der Waals surface area contributed by atoms with E-state index in [1.165, 1.54) is 12.1 Å². The molecule has 122 valence electrons. The molecule has 0 heterocycles. The van der Waals surface area contributed by atoms with Crippen molar-refractivity contribution in [3.8, 4) is 0 Å². The van der Waals surface area contributed by atoms with E-state index in [1.54, 1.807) is 38.1 Å². The first-order chi connectivity index (χ1) is 10.7. The van der Waals surface area contributed by atoms with Gasteiger partial charge in [-0.05, 0) is 37.1 Å². The summed E-state index contributed by atoms with van der Waals surface area (Å²) in [5, 5.41) is 11.4. The normalized spacial score (nSPS) is 12.8. The summed E-state index contributed by atoms with van der Waals surface area (Å²) in [6.07, 6.45) is 0. The average Bonchev–Trinajstić information content (AvgIpc) is 2.47. The number of nitrogens with one attached hydrogen (secondary N) is 1. The van der Waals surface area contributed by atoms with Gasteiger partial charge in [0, 0.05) is 23.2 Å². The van der Waals surface area contributed by atoms with Crippen LogP contribution < -0.4 is 4.72 Å². The second-order valence-electron chi connectivity index (χ2n) is 5.10. The minimum absolute atomic E-state index is 0.104. The molecule has 2 rings (SSSR count). The van der Waals surface area contributed by atoms with Gasteiger partial charge < -0.3 is 0 Å². The quantitative estimate of drug-likeness (QED) is 0.656. The Morgan fingerprint density at radius 2 is 1.78 bits per heavy atom. The molecule has 8 heteroatoms. The van der Waals surface area contributed by atoms with E-state index in [0.717, 1.165) is 11.6 Å². The first-order valence-corrected chi connectivity index (χ1v) is 8.59. The van der Waals surface area contributed by atoms with Crippen molar-refractivity contribution >= 4 is 27.3 Å². The predicted molar refractivity (Wildman–Crippen MR) is 88.0 cm³/mol. The van der Waals surface area contributed by atoms with E-state index in [-0.39, 0.29) is 10.6 Å². The molecule has 23 heavy (non-hydrogen) atoms. The number of rotatable bonds is 5. The zero-order chi connectivity index (χ0) is 17.2. The lowest BCUT2D eigenvalue weighted by molar-refractivity contribution is -0.385.